The largest absolute Gasteiger partial charge is 0.396 e. The number of carbonyl (C=O) groups is 1. The topological polar surface area (TPSA) is 99.4 Å². The number of piperidine rings is 1. The third-order valence-electron chi connectivity index (χ3n) is 4.66. The number of nitrogens with one attached hydrogen (secondary N) is 1. The second-order valence-corrected chi connectivity index (χ2v) is 6.37. The van der Waals surface area contributed by atoms with Crippen LogP contribution in [0.5, 0.6) is 0 Å². The fourth-order valence-corrected chi connectivity index (χ4v) is 3.35. The van der Waals surface area contributed by atoms with Crippen LogP contribution < -0.4 is 0 Å². The van der Waals surface area contributed by atoms with Crippen LogP contribution >= 0.6 is 0 Å². The number of nitrogens with zero attached hydrogens (tertiary/aromatic N) is 5. The summed E-state index contributed by atoms with van der Waals surface area (Å²) in [7, 11) is 0. The van der Waals surface area contributed by atoms with E-state index >= 15 is 0 Å². The SMILES string of the molecule is O=C(c1cc2ncc(CCO)cn2n1)N1CCC[C@H](c2ccn[nH]2)C1. The summed E-state index contributed by atoms with van der Waals surface area (Å²) in [4.78, 5) is 19.0. The van der Waals surface area contributed by atoms with Crippen LogP contribution in [0.15, 0.2) is 30.7 Å². The van der Waals surface area contributed by atoms with Gasteiger partial charge in [0.2, 0.25) is 0 Å². The van der Waals surface area contributed by atoms with E-state index in [1.165, 1.54) is 0 Å². The van der Waals surface area contributed by atoms with Crippen LogP contribution in [-0.2, 0) is 6.42 Å². The number of rotatable bonds is 4. The molecule has 0 bridgehead atoms. The average Bonchev–Trinajstić information content (AvgIpc) is 3.31. The van der Waals surface area contributed by atoms with Gasteiger partial charge in [-0.3, -0.25) is 9.89 Å². The number of hydrogen-bond donors (Lipinski definition) is 2. The highest BCUT2D eigenvalue weighted by molar-refractivity contribution is 5.93. The highest BCUT2D eigenvalue weighted by Gasteiger charge is 2.27. The molecule has 1 atom stereocenters. The maximum atomic E-state index is 12.9. The minimum absolute atomic E-state index is 0.0585. The number of aromatic amines is 1. The molecule has 4 rings (SSSR count). The molecule has 0 aliphatic carbocycles. The van der Waals surface area contributed by atoms with Gasteiger partial charge in [0, 0.05) is 56.0 Å². The van der Waals surface area contributed by atoms with Crippen molar-refractivity contribution in [1.82, 2.24) is 29.7 Å². The quantitative estimate of drug-likeness (QED) is 0.738. The molecule has 1 aliphatic heterocycles. The molecule has 1 amide bonds. The number of likely N-dealkylation sites (tertiary alicyclic amines) is 1. The van der Waals surface area contributed by atoms with Gasteiger partial charge in [-0.15, -0.1) is 0 Å². The molecule has 0 spiro atoms. The smallest absolute Gasteiger partial charge is 0.274 e. The molecule has 130 valence electrons. The predicted octanol–water partition coefficient (Wildman–Crippen LogP) is 1.01. The fourth-order valence-electron chi connectivity index (χ4n) is 3.35. The molecule has 1 fully saturated rings. The molecule has 3 aromatic heterocycles. The number of aromatic nitrogens is 5. The van der Waals surface area contributed by atoms with Gasteiger partial charge in [0.15, 0.2) is 11.3 Å². The maximum Gasteiger partial charge on any atom is 0.274 e. The number of carbonyl (C=O) groups excluding carboxylic acids is 1. The molecule has 3 aromatic rings. The van der Waals surface area contributed by atoms with Gasteiger partial charge in [-0.2, -0.15) is 10.2 Å². The predicted molar refractivity (Wildman–Crippen MR) is 90.2 cm³/mol. The maximum absolute atomic E-state index is 12.9. The van der Waals surface area contributed by atoms with E-state index in [1.807, 2.05) is 11.0 Å². The fraction of sp³-hybridized carbons (Fsp3) is 0.412. The molecule has 4 heterocycles. The summed E-state index contributed by atoms with van der Waals surface area (Å²) in [6, 6.07) is 3.68. The summed E-state index contributed by atoms with van der Waals surface area (Å²) in [5.41, 5.74) is 2.99. The Morgan fingerprint density at radius 3 is 3.16 bits per heavy atom. The van der Waals surface area contributed by atoms with E-state index in [1.54, 1.807) is 29.2 Å². The van der Waals surface area contributed by atoms with Gasteiger partial charge in [0.25, 0.3) is 5.91 Å². The molecule has 25 heavy (non-hydrogen) atoms. The van der Waals surface area contributed by atoms with Crippen LogP contribution in [0.2, 0.25) is 0 Å². The number of aliphatic hydroxyl groups excluding tert-OH is 1. The minimum atomic E-state index is -0.0709. The zero-order valence-corrected chi connectivity index (χ0v) is 13.8. The number of H-pyrrole nitrogens is 1. The van der Waals surface area contributed by atoms with E-state index in [4.69, 9.17) is 5.11 Å². The molecule has 0 radical (unpaired) electrons. The number of hydrogen-bond acceptors (Lipinski definition) is 5. The van der Waals surface area contributed by atoms with Crippen molar-refractivity contribution >= 4 is 11.6 Å². The highest BCUT2D eigenvalue weighted by atomic mass is 16.3. The second-order valence-electron chi connectivity index (χ2n) is 6.37. The van der Waals surface area contributed by atoms with Crippen LogP contribution in [0.3, 0.4) is 0 Å². The summed E-state index contributed by atoms with van der Waals surface area (Å²) < 4.78 is 1.61. The Bertz CT molecular complexity index is 873. The van der Waals surface area contributed by atoms with Crippen molar-refractivity contribution in [2.75, 3.05) is 19.7 Å². The van der Waals surface area contributed by atoms with Gasteiger partial charge in [-0.1, -0.05) is 0 Å². The summed E-state index contributed by atoms with van der Waals surface area (Å²) in [6.07, 6.45) is 7.78. The Kier molecular flexibility index (Phi) is 4.19. The van der Waals surface area contributed by atoms with Crippen LogP contribution in [-0.4, -0.2) is 60.4 Å². The van der Waals surface area contributed by atoms with Gasteiger partial charge in [0.1, 0.15) is 0 Å². The van der Waals surface area contributed by atoms with Gasteiger partial charge < -0.3 is 10.0 Å². The Morgan fingerprint density at radius 1 is 1.44 bits per heavy atom. The molecule has 8 nitrogen and oxygen atoms in total. The molecule has 1 saturated heterocycles. The first-order valence-electron chi connectivity index (χ1n) is 8.48. The van der Waals surface area contributed by atoms with Gasteiger partial charge >= 0.3 is 0 Å². The normalized spacial score (nSPS) is 18.0. The zero-order valence-electron chi connectivity index (χ0n) is 13.8. The average molecular weight is 340 g/mol. The van der Waals surface area contributed by atoms with Crippen molar-refractivity contribution in [3.8, 4) is 0 Å². The summed E-state index contributed by atoms with van der Waals surface area (Å²) in [6.45, 7) is 1.46. The first-order valence-corrected chi connectivity index (χ1v) is 8.48. The molecule has 8 heteroatoms. The lowest BCUT2D eigenvalue weighted by Gasteiger charge is -2.31. The lowest BCUT2D eigenvalue weighted by atomic mass is 9.95. The van der Waals surface area contributed by atoms with Crippen LogP contribution in [0, 0.1) is 0 Å². The number of amides is 1. The van der Waals surface area contributed by atoms with E-state index in [0.717, 1.165) is 30.6 Å². The molecule has 0 unspecified atom stereocenters. The Hall–Kier alpha value is -2.74. The van der Waals surface area contributed by atoms with Gasteiger partial charge in [-0.25, -0.2) is 9.50 Å². The minimum Gasteiger partial charge on any atom is -0.396 e. The Morgan fingerprint density at radius 2 is 2.36 bits per heavy atom. The van der Waals surface area contributed by atoms with E-state index < -0.39 is 0 Å². The third kappa shape index (κ3) is 3.12. The molecule has 1 aliphatic rings. The van der Waals surface area contributed by atoms with Crippen LogP contribution in [0.1, 0.15) is 40.5 Å². The van der Waals surface area contributed by atoms with E-state index in [-0.39, 0.29) is 18.4 Å². The lowest BCUT2D eigenvalue weighted by Crippen LogP contribution is -2.39. The van der Waals surface area contributed by atoms with Gasteiger partial charge in [0.05, 0.1) is 0 Å². The molecule has 2 N–H and O–H groups in total. The monoisotopic (exact) mass is 340 g/mol. The van der Waals surface area contributed by atoms with Crippen molar-refractivity contribution in [2.24, 2.45) is 0 Å². The van der Waals surface area contributed by atoms with Crippen LogP contribution in [0.4, 0.5) is 0 Å². The van der Waals surface area contributed by atoms with E-state index in [2.05, 4.69) is 20.3 Å². The molecular formula is C17H20N6O2. The van der Waals surface area contributed by atoms with Crippen LogP contribution in [0.25, 0.3) is 5.65 Å². The second kappa shape index (κ2) is 6.64. The summed E-state index contributed by atoms with van der Waals surface area (Å²) in [5, 5.41) is 20.4. The molecular weight excluding hydrogens is 320 g/mol. The van der Waals surface area contributed by atoms with E-state index in [0.29, 0.717) is 24.3 Å². The first kappa shape index (κ1) is 15.8. The first-order chi connectivity index (χ1) is 12.2. The van der Waals surface area contributed by atoms with E-state index in [9.17, 15) is 4.79 Å². The van der Waals surface area contributed by atoms with Crippen molar-refractivity contribution in [2.45, 2.75) is 25.2 Å². The van der Waals surface area contributed by atoms with Gasteiger partial charge in [-0.05, 0) is 30.9 Å². The Labute approximate surface area is 144 Å². The zero-order chi connectivity index (χ0) is 17.2. The lowest BCUT2D eigenvalue weighted by molar-refractivity contribution is 0.0699. The summed E-state index contributed by atoms with van der Waals surface area (Å²) in [5.74, 6) is 0.213. The number of aliphatic hydroxyl groups is 1. The highest BCUT2D eigenvalue weighted by Crippen LogP contribution is 2.26. The standard InChI is InChI=1S/C17H20N6O2/c24-7-4-12-9-18-16-8-15(21-23(16)10-12)17(25)22-6-1-2-13(11-22)14-3-5-19-20-14/h3,5,8-10,13,24H,1-2,4,6-7,11H2,(H,19,20)/t13-/m0/s1. The third-order valence-corrected chi connectivity index (χ3v) is 4.66. The van der Waals surface area contributed by atoms with Crippen molar-refractivity contribution < 1.29 is 9.90 Å². The molecule has 0 saturated carbocycles. The van der Waals surface area contributed by atoms with Crippen molar-refractivity contribution in [1.29, 1.82) is 0 Å². The van der Waals surface area contributed by atoms with Crippen molar-refractivity contribution in [3.63, 3.8) is 0 Å². The number of fused-ring (bicyclic) bond motifs is 1. The molecule has 0 aromatic carbocycles. The van der Waals surface area contributed by atoms with Crippen molar-refractivity contribution in [3.05, 3.63) is 47.7 Å². The Balaban J connectivity index is 1.54. The summed E-state index contributed by atoms with van der Waals surface area (Å²) >= 11 is 0.